The van der Waals surface area contributed by atoms with Crippen LogP contribution in [0.15, 0.2) is 53.4 Å². The number of amides is 1. The van der Waals surface area contributed by atoms with Crippen molar-refractivity contribution in [1.29, 1.82) is 0 Å². The molecule has 0 fully saturated rings. The van der Waals surface area contributed by atoms with E-state index in [1.807, 2.05) is 32.0 Å². The topological polar surface area (TPSA) is 82.6 Å². The molecule has 0 aliphatic carbocycles. The van der Waals surface area contributed by atoms with Gasteiger partial charge in [0.25, 0.3) is 5.91 Å². The molecule has 4 aromatic rings. The maximum atomic E-state index is 13.3. The van der Waals surface area contributed by atoms with Gasteiger partial charge >= 0.3 is 0 Å². The zero-order valence-electron chi connectivity index (χ0n) is 21.2. The number of nitrogens with zero attached hydrogens (tertiary/aromatic N) is 3. The summed E-state index contributed by atoms with van der Waals surface area (Å²) in [6.45, 7) is 9.41. The number of hydrogen-bond acceptors (Lipinski definition) is 7. The Bertz CT molecular complexity index is 1500. The van der Waals surface area contributed by atoms with Gasteiger partial charge in [0.05, 0.1) is 15.1 Å². The molecule has 1 aliphatic heterocycles. The molecule has 3 heterocycles. The van der Waals surface area contributed by atoms with Gasteiger partial charge in [-0.2, -0.15) is 4.31 Å². The summed E-state index contributed by atoms with van der Waals surface area (Å²) >= 11 is 3.26. The largest absolute Gasteiger partial charge is 0.313 e. The van der Waals surface area contributed by atoms with Gasteiger partial charge < -0.3 is 5.32 Å². The van der Waals surface area contributed by atoms with Crippen molar-refractivity contribution in [2.75, 3.05) is 31.5 Å². The second-order valence-corrected chi connectivity index (χ2v) is 13.0. The number of aromatic nitrogens is 1. The van der Waals surface area contributed by atoms with Crippen molar-refractivity contribution < 1.29 is 13.2 Å². The van der Waals surface area contributed by atoms with Gasteiger partial charge in [-0.1, -0.05) is 32.9 Å². The molecule has 7 nitrogen and oxygen atoms in total. The lowest BCUT2D eigenvalue weighted by Gasteiger charge is -2.25. The van der Waals surface area contributed by atoms with Crippen LogP contribution in [0.3, 0.4) is 0 Å². The van der Waals surface area contributed by atoms with Crippen LogP contribution in [0.2, 0.25) is 0 Å². The number of benzene rings is 2. The predicted octanol–water partition coefficient (Wildman–Crippen LogP) is 5.69. The van der Waals surface area contributed by atoms with Crippen LogP contribution in [0.4, 0.5) is 5.00 Å². The third-order valence-electron chi connectivity index (χ3n) is 6.78. The first-order valence-corrected chi connectivity index (χ1v) is 15.6. The fraction of sp³-hybridized carbons (Fsp3) is 0.333. The number of thiophene rings is 1. The van der Waals surface area contributed by atoms with E-state index in [9.17, 15) is 13.2 Å². The summed E-state index contributed by atoms with van der Waals surface area (Å²) in [5, 5.41) is 4.85. The summed E-state index contributed by atoms with van der Waals surface area (Å²) in [5.74, 6) is -0.264. The molecular formula is C27H30N4O3S3. The molecule has 0 atom stereocenters. The first kappa shape index (κ1) is 26.0. The minimum atomic E-state index is -3.58. The molecule has 0 saturated carbocycles. The molecule has 0 saturated heterocycles. The van der Waals surface area contributed by atoms with E-state index in [1.165, 1.54) is 26.9 Å². The third-order valence-corrected chi connectivity index (χ3v) is 11.0. The number of fused-ring (bicyclic) bond motifs is 2. The van der Waals surface area contributed by atoms with Crippen molar-refractivity contribution in [3.63, 3.8) is 0 Å². The number of sulfonamides is 1. The molecule has 10 heteroatoms. The highest BCUT2D eigenvalue weighted by Crippen LogP contribution is 2.45. The van der Waals surface area contributed by atoms with E-state index in [2.05, 4.69) is 23.2 Å². The predicted molar refractivity (Wildman–Crippen MR) is 152 cm³/mol. The standard InChI is InChI=1S/C27H30N4O3S3/c1-4-30-16-15-20-23(17-30)36-27(24(20)26-28-21-9-7-8-10-22(21)35-26)29-25(32)18-11-13-19(14-12-18)37(33,34)31(5-2)6-3/h7-14H,4-6,15-17H2,1-3H3,(H,29,32). The van der Waals surface area contributed by atoms with Crippen molar-refractivity contribution in [2.24, 2.45) is 0 Å². The van der Waals surface area contributed by atoms with Crippen LogP contribution < -0.4 is 5.32 Å². The summed E-state index contributed by atoms with van der Waals surface area (Å²) < 4.78 is 28.2. The normalized spacial score (nSPS) is 14.3. The lowest BCUT2D eigenvalue weighted by molar-refractivity contribution is 0.102. The van der Waals surface area contributed by atoms with Gasteiger partial charge in [-0.3, -0.25) is 9.69 Å². The lowest BCUT2D eigenvalue weighted by atomic mass is 10.0. The highest BCUT2D eigenvalue weighted by atomic mass is 32.2. The van der Waals surface area contributed by atoms with Crippen LogP contribution in [0.1, 0.15) is 41.6 Å². The molecule has 1 aliphatic rings. The number of carbonyl (C=O) groups is 1. The first-order chi connectivity index (χ1) is 17.8. The molecule has 0 unspecified atom stereocenters. The number of thiazole rings is 1. The van der Waals surface area contributed by atoms with E-state index >= 15 is 0 Å². The van der Waals surface area contributed by atoms with Crippen molar-refractivity contribution in [3.05, 3.63) is 64.5 Å². The van der Waals surface area contributed by atoms with Crippen LogP contribution in [-0.2, 0) is 23.0 Å². The molecule has 194 valence electrons. The molecule has 0 radical (unpaired) electrons. The van der Waals surface area contributed by atoms with E-state index in [1.54, 1.807) is 34.8 Å². The van der Waals surface area contributed by atoms with Gasteiger partial charge in [0.15, 0.2) is 0 Å². The van der Waals surface area contributed by atoms with Crippen LogP contribution in [0, 0.1) is 0 Å². The first-order valence-electron chi connectivity index (χ1n) is 12.5. The molecule has 1 N–H and O–H groups in total. The Morgan fingerprint density at radius 1 is 1.05 bits per heavy atom. The lowest BCUT2D eigenvalue weighted by Crippen LogP contribution is -2.30. The van der Waals surface area contributed by atoms with Crippen LogP contribution in [0.25, 0.3) is 20.8 Å². The molecule has 0 spiro atoms. The van der Waals surface area contributed by atoms with E-state index in [-0.39, 0.29) is 10.8 Å². The number of anilines is 1. The van der Waals surface area contributed by atoms with Gasteiger partial charge in [0.1, 0.15) is 10.0 Å². The summed E-state index contributed by atoms with van der Waals surface area (Å²) in [6, 6.07) is 14.3. The Kier molecular flexibility index (Phi) is 7.46. The van der Waals surface area contributed by atoms with Gasteiger partial charge in [-0.05, 0) is 54.9 Å². The highest BCUT2D eigenvalue weighted by molar-refractivity contribution is 7.89. The van der Waals surface area contributed by atoms with Gasteiger partial charge in [0.2, 0.25) is 10.0 Å². The number of hydrogen-bond donors (Lipinski definition) is 1. The minimum Gasteiger partial charge on any atom is -0.313 e. The summed E-state index contributed by atoms with van der Waals surface area (Å²) in [6.07, 6.45) is 0.915. The number of carbonyl (C=O) groups excluding carboxylic acids is 1. The van der Waals surface area contributed by atoms with Crippen molar-refractivity contribution >= 4 is 53.8 Å². The summed E-state index contributed by atoms with van der Waals surface area (Å²) in [5.41, 5.74) is 3.65. The van der Waals surface area contributed by atoms with Crippen LogP contribution in [0.5, 0.6) is 0 Å². The van der Waals surface area contributed by atoms with Crippen LogP contribution >= 0.6 is 22.7 Å². The molecular weight excluding hydrogens is 525 g/mol. The van der Waals surface area contributed by atoms with E-state index in [4.69, 9.17) is 4.98 Å². The van der Waals surface area contributed by atoms with Gasteiger partial charge in [0, 0.05) is 42.2 Å². The second kappa shape index (κ2) is 10.6. The number of nitrogens with one attached hydrogen (secondary N) is 1. The summed E-state index contributed by atoms with van der Waals surface area (Å²) in [4.78, 5) is 22.1. The Morgan fingerprint density at radius 3 is 2.46 bits per heavy atom. The fourth-order valence-electron chi connectivity index (χ4n) is 4.69. The maximum Gasteiger partial charge on any atom is 0.256 e. The minimum absolute atomic E-state index is 0.189. The van der Waals surface area contributed by atoms with E-state index < -0.39 is 10.0 Å². The van der Waals surface area contributed by atoms with E-state index in [0.717, 1.165) is 51.8 Å². The van der Waals surface area contributed by atoms with Crippen LogP contribution in [-0.4, -0.2) is 54.7 Å². The van der Waals surface area contributed by atoms with E-state index in [0.29, 0.717) is 18.7 Å². The van der Waals surface area contributed by atoms with Crippen molar-refractivity contribution in [2.45, 2.75) is 38.6 Å². The van der Waals surface area contributed by atoms with Crippen molar-refractivity contribution in [3.8, 4) is 10.6 Å². The van der Waals surface area contributed by atoms with Crippen molar-refractivity contribution in [1.82, 2.24) is 14.2 Å². The maximum absolute atomic E-state index is 13.3. The zero-order valence-corrected chi connectivity index (χ0v) is 23.6. The van der Waals surface area contributed by atoms with Gasteiger partial charge in [-0.15, -0.1) is 22.7 Å². The summed E-state index contributed by atoms with van der Waals surface area (Å²) in [7, 11) is -3.58. The zero-order chi connectivity index (χ0) is 26.2. The Balaban J connectivity index is 1.48. The number of likely N-dealkylation sites (N-methyl/N-ethyl adjacent to an activating group) is 1. The average Bonchev–Trinajstić information content (AvgIpc) is 3.49. The monoisotopic (exact) mass is 554 g/mol. The molecule has 2 aromatic heterocycles. The smallest absolute Gasteiger partial charge is 0.256 e. The second-order valence-electron chi connectivity index (χ2n) is 8.88. The molecule has 5 rings (SSSR count). The quantitative estimate of drug-likeness (QED) is 0.303. The fourth-order valence-corrected chi connectivity index (χ4v) is 8.54. The Hall–Kier alpha value is -2.63. The Labute approximate surface area is 225 Å². The molecule has 37 heavy (non-hydrogen) atoms. The molecule has 0 bridgehead atoms. The van der Waals surface area contributed by atoms with Gasteiger partial charge in [-0.25, -0.2) is 13.4 Å². The number of rotatable bonds is 8. The SMILES string of the molecule is CCN1CCc2c(sc(NC(=O)c3ccc(S(=O)(=O)N(CC)CC)cc3)c2-c2nc3ccccc3s2)C1. The molecule has 2 aromatic carbocycles. The Morgan fingerprint density at radius 2 is 1.78 bits per heavy atom. The third kappa shape index (κ3) is 4.96. The average molecular weight is 555 g/mol. The molecule has 1 amide bonds. The highest BCUT2D eigenvalue weighted by Gasteiger charge is 2.28. The number of para-hydroxylation sites is 1.